The number of nitrogens with one attached hydrogen (secondary N) is 1. The highest BCUT2D eigenvalue weighted by atomic mass is 19.4. The van der Waals surface area contributed by atoms with Gasteiger partial charge >= 0.3 is 6.18 Å². The third-order valence-electron chi connectivity index (χ3n) is 3.87. The summed E-state index contributed by atoms with van der Waals surface area (Å²) in [4.78, 5) is 2.24. The van der Waals surface area contributed by atoms with Crippen molar-refractivity contribution in [3.63, 3.8) is 0 Å². The van der Waals surface area contributed by atoms with Gasteiger partial charge in [-0.05, 0) is 31.7 Å². The molecule has 0 saturated carbocycles. The largest absolute Gasteiger partial charge is 0.416 e. The first-order valence-corrected chi connectivity index (χ1v) is 7.09. The SMILES string of the molecule is CNCC1CN(C(C)c2ccc(C(F)(F)F)cc2)CCO1. The number of rotatable bonds is 4. The first-order valence-electron chi connectivity index (χ1n) is 7.09. The molecule has 1 aliphatic heterocycles. The maximum atomic E-state index is 12.6. The zero-order valence-corrected chi connectivity index (χ0v) is 12.3. The van der Waals surface area contributed by atoms with Crippen molar-refractivity contribution in [2.75, 3.05) is 33.3 Å². The Morgan fingerprint density at radius 1 is 1.33 bits per heavy atom. The molecule has 118 valence electrons. The van der Waals surface area contributed by atoms with Crippen LogP contribution >= 0.6 is 0 Å². The Hall–Kier alpha value is -1.11. The van der Waals surface area contributed by atoms with E-state index >= 15 is 0 Å². The standard InChI is InChI=1S/C15H21F3N2O/c1-11(20-7-8-21-14(10-20)9-19-2)12-3-5-13(6-4-12)15(16,17)18/h3-6,11,14,19H,7-10H2,1-2H3. The third kappa shape index (κ3) is 4.18. The minimum atomic E-state index is -4.28. The molecule has 0 aromatic heterocycles. The number of alkyl halides is 3. The number of hydrogen-bond acceptors (Lipinski definition) is 3. The van der Waals surface area contributed by atoms with E-state index < -0.39 is 11.7 Å². The predicted molar refractivity (Wildman–Crippen MR) is 75.1 cm³/mol. The Morgan fingerprint density at radius 3 is 2.57 bits per heavy atom. The van der Waals surface area contributed by atoms with Gasteiger partial charge in [-0.15, -0.1) is 0 Å². The molecule has 2 atom stereocenters. The highest BCUT2D eigenvalue weighted by Gasteiger charge is 2.30. The van der Waals surface area contributed by atoms with Crippen molar-refractivity contribution in [2.24, 2.45) is 0 Å². The van der Waals surface area contributed by atoms with Gasteiger partial charge in [-0.2, -0.15) is 13.2 Å². The second-order valence-corrected chi connectivity index (χ2v) is 5.34. The molecule has 21 heavy (non-hydrogen) atoms. The lowest BCUT2D eigenvalue weighted by Gasteiger charge is -2.37. The third-order valence-corrected chi connectivity index (χ3v) is 3.87. The number of morpholine rings is 1. The summed E-state index contributed by atoms with van der Waals surface area (Å²) in [6, 6.07) is 5.51. The lowest BCUT2D eigenvalue weighted by Crippen LogP contribution is -2.46. The molecule has 1 saturated heterocycles. The summed E-state index contributed by atoms with van der Waals surface area (Å²) in [6.07, 6.45) is -4.15. The summed E-state index contributed by atoms with van der Waals surface area (Å²) in [6.45, 7) is 5.02. The van der Waals surface area contributed by atoms with E-state index in [9.17, 15) is 13.2 Å². The van der Waals surface area contributed by atoms with Crippen LogP contribution in [0.5, 0.6) is 0 Å². The van der Waals surface area contributed by atoms with Crippen LogP contribution in [0.1, 0.15) is 24.1 Å². The fourth-order valence-electron chi connectivity index (χ4n) is 2.61. The van der Waals surface area contributed by atoms with Gasteiger partial charge in [-0.3, -0.25) is 4.90 Å². The van der Waals surface area contributed by atoms with Crippen molar-refractivity contribution in [3.8, 4) is 0 Å². The van der Waals surface area contributed by atoms with Gasteiger partial charge in [0.25, 0.3) is 0 Å². The van der Waals surface area contributed by atoms with Crippen LogP contribution in [-0.4, -0.2) is 44.3 Å². The molecule has 0 amide bonds. The average Bonchev–Trinajstić information content (AvgIpc) is 2.46. The van der Waals surface area contributed by atoms with Gasteiger partial charge in [0.1, 0.15) is 0 Å². The topological polar surface area (TPSA) is 24.5 Å². The van der Waals surface area contributed by atoms with Gasteiger partial charge in [0.2, 0.25) is 0 Å². The first-order chi connectivity index (χ1) is 9.91. The highest BCUT2D eigenvalue weighted by molar-refractivity contribution is 5.26. The van der Waals surface area contributed by atoms with Crippen molar-refractivity contribution in [3.05, 3.63) is 35.4 Å². The van der Waals surface area contributed by atoms with Gasteiger partial charge < -0.3 is 10.1 Å². The Bertz CT molecular complexity index is 445. The summed E-state index contributed by atoms with van der Waals surface area (Å²) < 4.78 is 43.4. The molecule has 1 heterocycles. The van der Waals surface area contributed by atoms with E-state index in [4.69, 9.17) is 4.74 Å². The second kappa shape index (κ2) is 6.77. The normalized spacial score (nSPS) is 22.2. The van der Waals surface area contributed by atoms with Crippen molar-refractivity contribution in [1.82, 2.24) is 10.2 Å². The zero-order chi connectivity index (χ0) is 15.5. The molecule has 0 aliphatic carbocycles. The van der Waals surface area contributed by atoms with Crippen LogP contribution in [0.25, 0.3) is 0 Å². The minimum absolute atomic E-state index is 0.0792. The van der Waals surface area contributed by atoms with Crippen LogP contribution in [0.3, 0.4) is 0 Å². The maximum Gasteiger partial charge on any atom is 0.416 e. The van der Waals surface area contributed by atoms with Crippen molar-refractivity contribution < 1.29 is 17.9 Å². The van der Waals surface area contributed by atoms with Crippen LogP contribution < -0.4 is 5.32 Å². The smallest absolute Gasteiger partial charge is 0.374 e. The highest BCUT2D eigenvalue weighted by Crippen LogP contribution is 2.31. The summed E-state index contributed by atoms with van der Waals surface area (Å²) >= 11 is 0. The van der Waals surface area contributed by atoms with E-state index in [1.807, 2.05) is 14.0 Å². The number of halogens is 3. The van der Waals surface area contributed by atoms with E-state index in [0.29, 0.717) is 6.61 Å². The molecule has 2 unspecified atom stereocenters. The molecule has 0 radical (unpaired) electrons. The molecule has 6 heteroatoms. The summed E-state index contributed by atoms with van der Waals surface area (Å²) in [7, 11) is 1.88. The maximum absolute atomic E-state index is 12.6. The van der Waals surface area contributed by atoms with E-state index in [0.717, 1.165) is 37.3 Å². The second-order valence-electron chi connectivity index (χ2n) is 5.34. The molecule has 0 bridgehead atoms. The summed E-state index contributed by atoms with van der Waals surface area (Å²) in [5.74, 6) is 0. The van der Waals surface area contributed by atoms with Gasteiger partial charge in [0.05, 0.1) is 18.3 Å². The molecule has 1 aromatic carbocycles. The molecular formula is C15H21F3N2O. The molecule has 0 spiro atoms. The fraction of sp³-hybridized carbons (Fsp3) is 0.600. The molecule has 1 N–H and O–H groups in total. The van der Waals surface area contributed by atoms with E-state index in [1.54, 1.807) is 12.1 Å². The summed E-state index contributed by atoms with van der Waals surface area (Å²) in [5.41, 5.74) is 0.293. The molecular weight excluding hydrogens is 281 g/mol. The van der Waals surface area contributed by atoms with Crippen LogP contribution in [-0.2, 0) is 10.9 Å². The van der Waals surface area contributed by atoms with Crippen LogP contribution in [0, 0.1) is 0 Å². The summed E-state index contributed by atoms with van der Waals surface area (Å²) in [5, 5.41) is 3.08. The van der Waals surface area contributed by atoms with Gasteiger partial charge in [0.15, 0.2) is 0 Å². The average molecular weight is 302 g/mol. The number of likely N-dealkylation sites (N-methyl/N-ethyl adjacent to an activating group) is 1. The van der Waals surface area contributed by atoms with Crippen molar-refractivity contribution in [2.45, 2.75) is 25.2 Å². The van der Waals surface area contributed by atoms with Gasteiger partial charge in [-0.1, -0.05) is 12.1 Å². The van der Waals surface area contributed by atoms with Crippen LogP contribution in [0.15, 0.2) is 24.3 Å². The Labute approximate surface area is 123 Å². The number of benzene rings is 1. The lowest BCUT2D eigenvalue weighted by atomic mass is 10.0. The van der Waals surface area contributed by atoms with Gasteiger partial charge in [0, 0.05) is 25.7 Å². The molecule has 1 fully saturated rings. The predicted octanol–water partition coefficient (Wildman–Crippen LogP) is 2.69. The Kier molecular flexibility index (Phi) is 5.24. The number of ether oxygens (including phenoxy) is 1. The number of hydrogen-bond donors (Lipinski definition) is 1. The van der Waals surface area contributed by atoms with Crippen LogP contribution in [0.4, 0.5) is 13.2 Å². The van der Waals surface area contributed by atoms with E-state index in [1.165, 1.54) is 0 Å². The van der Waals surface area contributed by atoms with Crippen molar-refractivity contribution >= 4 is 0 Å². The quantitative estimate of drug-likeness (QED) is 0.925. The zero-order valence-electron chi connectivity index (χ0n) is 12.3. The van der Waals surface area contributed by atoms with E-state index in [2.05, 4.69) is 10.2 Å². The lowest BCUT2D eigenvalue weighted by molar-refractivity contribution is -0.137. The monoisotopic (exact) mass is 302 g/mol. The number of nitrogens with zero attached hydrogens (tertiary/aromatic N) is 1. The van der Waals surface area contributed by atoms with Crippen LogP contribution in [0.2, 0.25) is 0 Å². The Balaban J connectivity index is 2.03. The van der Waals surface area contributed by atoms with Crippen molar-refractivity contribution in [1.29, 1.82) is 0 Å². The minimum Gasteiger partial charge on any atom is -0.374 e. The Morgan fingerprint density at radius 2 is 2.00 bits per heavy atom. The van der Waals surface area contributed by atoms with E-state index in [-0.39, 0.29) is 12.1 Å². The molecule has 1 aliphatic rings. The van der Waals surface area contributed by atoms with Gasteiger partial charge in [-0.25, -0.2) is 0 Å². The molecule has 2 rings (SSSR count). The molecule has 1 aromatic rings. The molecule has 3 nitrogen and oxygen atoms in total. The first kappa shape index (κ1) is 16.3. The fourth-order valence-corrected chi connectivity index (χ4v) is 2.61.